The summed E-state index contributed by atoms with van der Waals surface area (Å²) in [5.41, 5.74) is 6.89. The number of nitrogens with two attached hydrogens (primary N) is 1. The zero-order valence-electron chi connectivity index (χ0n) is 9.15. The molecule has 1 amide bonds. The summed E-state index contributed by atoms with van der Waals surface area (Å²) in [6.07, 6.45) is 0.991. The first kappa shape index (κ1) is 12.5. The van der Waals surface area contributed by atoms with Crippen LogP contribution in [0.3, 0.4) is 0 Å². The van der Waals surface area contributed by atoms with E-state index in [-0.39, 0.29) is 5.69 Å². The Hall–Kier alpha value is -1.95. The lowest BCUT2D eigenvalue weighted by molar-refractivity contribution is 0.102. The largest absolute Gasteiger partial charge is 0.398 e. The molecule has 0 atom stereocenters. The van der Waals surface area contributed by atoms with Gasteiger partial charge in [0, 0.05) is 15.8 Å². The number of hydrogen-bond acceptors (Lipinski definition) is 3. The van der Waals surface area contributed by atoms with Crippen LogP contribution in [-0.4, -0.2) is 10.9 Å². The number of carbonyl (C=O) groups is 1. The van der Waals surface area contributed by atoms with Crippen molar-refractivity contribution >= 4 is 33.2 Å². The predicted octanol–water partition coefficient (Wildman–Crippen LogP) is 2.82. The number of nitrogen functional groups attached to an aromatic ring is 1. The maximum Gasteiger partial charge on any atom is 0.274 e. The van der Waals surface area contributed by atoms with Gasteiger partial charge >= 0.3 is 0 Å². The van der Waals surface area contributed by atoms with Gasteiger partial charge < -0.3 is 11.1 Å². The van der Waals surface area contributed by atoms with Crippen LogP contribution >= 0.6 is 15.9 Å². The van der Waals surface area contributed by atoms with Gasteiger partial charge in [-0.3, -0.25) is 4.79 Å². The molecule has 0 bridgehead atoms. The van der Waals surface area contributed by atoms with Crippen LogP contribution in [0.4, 0.5) is 15.8 Å². The first-order chi connectivity index (χ1) is 8.56. The number of benzene rings is 1. The van der Waals surface area contributed by atoms with Gasteiger partial charge in [0.1, 0.15) is 11.5 Å². The lowest BCUT2D eigenvalue weighted by Crippen LogP contribution is -2.13. The Bertz CT molecular complexity index is 586. The summed E-state index contributed by atoms with van der Waals surface area (Å²) >= 11 is 3.26. The molecule has 3 N–H and O–H groups in total. The van der Waals surface area contributed by atoms with Crippen LogP contribution in [0, 0.1) is 5.82 Å². The second-order valence-electron chi connectivity index (χ2n) is 3.55. The number of anilines is 2. The van der Waals surface area contributed by atoms with Gasteiger partial charge in [-0.25, -0.2) is 9.37 Å². The molecule has 18 heavy (non-hydrogen) atoms. The van der Waals surface area contributed by atoms with Gasteiger partial charge in [-0.1, -0.05) is 0 Å². The van der Waals surface area contributed by atoms with Crippen LogP contribution in [0.15, 0.2) is 41.0 Å². The fourth-order valence-corrected chi connectivity index (χ4v) is 1.57. The van der Waals surface area contributed by atoms with Crippen molar-refractivity contribution in [2.75, 3.05) is 11.1 Å². The third-order valence-electron chi connectivity index (χ3n) is 2.21. The van der Waals surface area contributed by atoms with Crippen LogP contribution in [0.1, 0.15) is 10.5 Å². The van der Waals surface area contributed by atoms with Gasteiger partial charge in [0.25, 0.3) is 5.91 Å². The van der Waals surface area contributed by atoms with Crippen LogP contribution in [-0.2, 0) is 0 Å². The van der Waals surface area contributed by atoms with E-state index in [1.54, 1.807) is 18.2 Å². The van der Waals surface area contributed by atoms with Gasteiger partial charge in [0.05, 0.1) is 6.20 Å². The zero-order valence-corrected chi connectivity index (χ0v) is 10.7. The Morgan fingerprint density at radius 1 is 1.33 bits per heavy atom. The molecule has 1 aromatic carbocycles. The predicted molar refractivity (Wildman–Crippen MR) is 70.7 cm³/mol. The molecule has 1 heterocycles. The highest BCUT2D eigenvalue weighted by Crippen LogP contribution is 2.23. The molecule has 1 aromatic heterocycles. The Kier molecular flexibility index (Phi) is 3.57. The smallest absolute Gasteiger partial charge is 0.274 e. The number of pyridine rings is 1. The summed E-state index contributed by atoms with van der Waals surface area (Å²) in [6.45, 7) is 0. The van der Waals surface area contributed by atoms with Crippen molar-refractivity contribution in [2.45, 2.75) is 0 Å². The normalized spacial score (nSPS) is 10.1. The van der Waals surface area contributed by atoms with Crippen LogP contribution < -0.4 is 11.1 Å². The van der Waals surface area contributed by atoms with E-state index >= 15 is 0 Å². The summed E-state index contributed by atoms with van der Waals surface area (Å²) in [5, 5.41) is 2.62. The number of hydrogen-bond donors (Lipinski definition) is 2. The minimum absolute atomic E-state index is 0.137. The molecule has 0 unspecified atom stereocenters. The molecule has 0 aliphatic carbocycles. The number of nitrogens with zero attached hydrogens (tertiary/aromatic N) is 1. The van der Waals surface area contributed by atoms with Crippen molar-refractivity contribution < 1.29 is 9.18 Å². The fourth-order valence-electron chi connectivity index (χ4n) is 1.33. The quantitative estimate of drug-likeness (QED) is 0.838. The molecule has 92 valence electrons. The summed E-state index contributed by atoms with van der Waals surface area (Å²) < 4.78 is 13.4. The molecular weight excluding hydrogens is 301 g/mol. The summed E-state index contributed by atoms with van der Waals surface area (Å²) in [7, 11) is 0. The number of rotatable bonds is 2. The minimum Gasteiger partial charge on any atom is -0.398 e. The lowest BCUT2D eigenvalue weighted by Gasteiger charge is -2.06. The molecule has 4 nitrogen and oxygen atoms in total. The Morgan fingerprint density at radius 3 is 2.72 bits per heavy atom. The van der Waals surface area contributed by atoms with Gasteiger partial charge in [-0.05, 0) is 46.3 Å². The third kappa shape index (κ3) is 2.84. The molecule has 2 aromatic rings. The molecule has 2 rings (SSSR count). The highest BCUT2D eigenvalue weighted by molar-refractivity contribution is 9.10. The van der Waals surface area contributed by atoms with Crippen LogP contribution in [0.25, 0.3) is 0 Å². The Labute approximate surface area is 111 Å². The maximum absolute atomic E-state index is 12.7. The molecule has 0 saturated heterocycles. The molecule has 6 heteroatoms. The monoisotopic (exact) mass is 309 g/mol. The lowest BCUT2D eigenvalue weighted by atomic mass is 10.2. The summed E-state index contributed by atoms with van der Waals surface area (Å²) in [4.78, 5) is 15.5. The second kappa shape index (κ2) is 5.14. The molecule has 0 aliphatic heterocycles. The highest BCUT2D eigenvalue weighted by atomic mass is 79.9. The summed E-state index contributed by atoms with van der Waals surface area (Å²) in [6, 6.07) is 7.53. The van der Waals surface area contributed by atoms with E-state index in [0.717, 1.165) is 10.7 Å². The van der Waals surface area contributed by atoms with Crippen molar-refractivity contribution in [3.63, 3.8) is 0 Å². The van der Waals surface area contributed by atoms with Gasteiger partial charge in [0.2, 0.25) is 0 Å². The Balaban J connectivity index is 2.16. The second-order valence-corrected chi connectivity index (χ2v) is 4.41. The highest BCUT2D eigenvalue weighted by Gasteiger charge is 2.08. The van der Waals surface area contributed by atoms with E-state index in [4.69, 9.17) is 5.73 Å². The van der Waals surface area contributed by atoms with E-state index < -0.39 is 11.7 Å². The number of amides is 1. The van der Waals surface area contributed by atoms with Gasteiger partial charge in [-0.2, -0.15) is 0 Å². The number of carbonyl (C=O) groups excluding carboxylic acids is 1. The third-order valence-corrected chi connectivity index (χ3v) is 2.94. The molecule has 0 aliphatic rings. The van der Waals surface area contributed by atoms with Crippen LogP contribution in [0.5, 0.6) is 0 Å². The summed E-state index contributed by atoms with van der Waals surface area (Å²) in [5.74, 6) is -0.906. The van der Waals surface area contributed by atoms with Crippen molar-refractivity contribution in [3.8, 4) is 0 Å². The zero-order chi connectivity index (χ0) is 13.1. The fraction of sp³-hybridized carbons (Fsp3) is 0. The first-order valence-electron chi connectivity index (χ1n) is 5.04. The molecule has 0 spiro atoms. The van der Waals surface area contributed by atoms with Crippen molar-refractivity contribution in [1.82, 2.24) is 4.98 Å². The molecule has 0 fully saturated rings. The Morgan fingerprint density at radius 2 is 2.11 bits per heavy atom. The van der Waals surface area contributed by atoms with E-state index in [0.29, 0.717) is 11.4 Å². The van der Waals surface area contributed by atoms with E-state index in [1.807, 2.05) is 0 Å². The average Bonchev–Trinajstić information content (AvgIpc) is 2.34. The van der Waals surface area contributed by atoms with E-state index in [9.17, 15) is 9.18 Å². The topological polar surface area (TPSA) is 68.0 Å². The number of nitrogens with one attached hydrogen (secondary N) is 1. The standard InChI is InChI=1S/C12H9BrFN3O/c13-9-3-2-8(5-10(9)15)17-12(18)11-4-1-7(14)6-16-11/h1-6H,15H2,(H,17,18). The minimum atomic E-state index is -0.487. The van der Waals surface area contributed by atoms with Crippen molar-refractivity contribution in [2.24, 2.45) is 0 Å². The maximum atomic E-state index is 12.7. The van der Waals surface area contributed by atoms with Gasteiger partial charge in [0.15, 0.2) is 0 Å². The SMILES string of the molecule is Nc1cc(NC(=O)c2ccc(F)cn2)ccc1Br. The molecular formula is C12H9BrFN3O. The molecule has 0 radical (unpaired) electrons. The number of aromatic nitrogens is 1. The van der Waals surface area contributed by atoms with Crippen molar-refractivity contribution in [1.29, 1.82) is 0 Å². The first-order valence-corrected chi connectivity index (χ1v) is 5.83. The number of halogens is 2. The van der Waals surface area contributed by atoms with E-state index in [1.165, 1.54) is 12.1 Å². The average molecular weight is 310 g/mol. The van der Waals surface area contributed by atoms with Gasteiger partial charge in [-0.15, -0.1) is 0 Å². The van der Waals surface area contributed by atoms with Crippen molar-refractivity contribution in [3.05, 3.63) is 52.5 Å². The molecule has 0 saturated carbocycles. The van der Waals surface area contributed by atoms with E-state index in [2.05, 4.69) is 26.2 Å². The van der Waals surface area contributed by atoms with Crippen LogP contribution in [0.2, 0.25) is 0 Å².